The Morgan fingerprint density at radius 1 is 1.06 bits per heavy atom. The van der Waals surface area contributed by atoms with E-state index in [1.807, 2.05) is 0 Å². The summed E-state index contributed by atoms with van der Waals surface area (Å²) in [5, 5.41) is 0. The van der Waals surface area contributed by atoms with Crippen LogP contribution in [0, 0.1) is 12.3 Å². The first-order chi connectivity index (χ1) is 16.3. The zero-order valence-electron chi connectivity index (χ0n) is 21.1. The zero-order chi connectivity index (χ0) is 26.0. The third-order valence-corrected chi connectivity index (χ3v) is 5.21. The van der Waals surface area contributed by atoms with E-state index in [4.69, 9.17) is 15.9 Å². The van der Waals surface area contributed by atoms with Crippen molar-refractivity contribution in [3.8, 4) is 23.6 Å². The number of nitrogens with zero attached hydrogens (tertiary/aromatic N) is 4. The highest BCUT2D eigenvalue weighted by atomic mass is 16.6. The summed E-state index contributed by atoms with van der Waals surface area (Å²) in [6, 6.07) is 3.29. The average Bonchev–Trinajstić information content (AvgIpc) is 3.26. The van der Waals surface area contributed by atoms with Gasteiger partial charge in [0.2, 0.25) is 0 Å². The van der Waals surface area contributed by atoms with Gasteiger partial charge in [0.05, 0.1) is 11.9 Å². The first-order valence-electron chi connectivity index (χ1n) is 11.6. The van der Waals surface area contributed by atoms with E-state index in [0.29, 0.717) is 16.2 Å². The van der Waals surface area contributed by atoms with Crippen molar-refractivity contribution in [2.24, 2.45) is 0 Å². The molecule has 0 saturated heterocycles. The number of aromatic nitrogens is 3. The van der Waals surface area contributed by atoms with E-state index in [1.165, 1.54) is 12.3 Å². The molecule has 9 heteroatoms. The molecule has 0 unspecified atom stereocenters. The lowest BCUT2D eigenvalue weighted by atomic mass is 10.1. The maximum atomic E-state index is 13.0. The summed E-state index contributed by atoms with van der Waals surface area (Å²) in [4.78, 5) is 47.8. The van der Waals surface area contributed by atoms with Crippen LogP contribution in [0.1, 0.15) is 79.0 Å². The molecule has 186 valence electrons. The molecule has 2 aromatic heterocycles. The van der Waals surface area contributed by atoms with Crippen LogP contribution in [-0.2, 0) is 9.47 Å². The SMILES string of the molecule is C#Cc1nc(-c2ccc(=O)n(C3CCCC3)c2)cnc1N(C(=O)OC(C)(C)C)C(=O)OC(C)(C)C. The van der Waals surface area contributed by atoms with Gasteiger partial charge in [-0.15, -0.1) is 6.42 Å². The molecule has 2 heterocycles. The number of anilines is 1. The van der Waals surface area contributed by atoms with Gasteiger partial charge >= 0.3 is 12.2 Å². The van der Waals surface area contributed by atoms with Crippen molar-refractivity contribution in [1.29, 1.82) is 0 Å². The summed E-state index contributed by atoms with van der Waals surface area (Å²) in [7, 11) is 0. The number of terminal acetylenes is 1. The molecule has 35 heavy (non-hydrogen) atoms. The second-order valence-corrected chi connectivity index (χ2v) is 10.5. The first-order valence-corrected chi connectivity index (χ1v) is 11.6. The fourth-order valence-corrected chi connectivity index (χ4v) is 3.77. The van der Waals surface area contributed by atoms with Gasteiger partial charge in [-0.05, 0) is 66.4 Å². The molecule has 2 amide bonds. The van der Waals surface area contributed by atoms with Gasteiger partial charge < -0.3 is 14.0 Å². The largest absolute Gasteiger partial charge is 0.443 e. The fourth-order valence-electron chi connectivity index (χ4n) is 3.77. The molecule has 0 bridgehead atoms. The summed E-state index contributed by atoms with van der Waals surface area (Å²) >= 11 is 0. The average molecular weight is 481 g/mol. The highest BCUT2D eigenvalue weighted by molar-refractivity contribution is 6.09. The molecule has 1 aliphatic carbocycles. The summed E-state index contributed by atoms with van der Waals surface area (Å²) in [6.45, 7) is 10.0. The minimum Gasteiger partial charge on any atom is -0.443 e. The minimum atomic E-state index is -0.986. The van der Waals surface area contributed by atoms with Crippen molar-refractivity contribution in [2.75, 3.05) is 4.90 Å². The highest BCUT2D eigenvalue weighted by Gasteiger charge is 2.35. The molecule has 0 aromatic carbocycles. The molecule has 0 N–H and O–H groups in total. The number of rotatable bonds is 3. The number of carbonyl (C=O) groups excluding carboxylic acids is 2. The summed E-state index contributed by atoms with van der Waals surface area (Å²) in [5.41, 5.74) is -0.833. The van der Waals surface area contributed by atoms with Crippen molar-refractivity contribution in [3.63, 3.8) is 0 Å². The Labute approximate surface area is 205 Å². The summed E-state index contributed by atoms with van der Waals surface area (Å²) in [6.07, 6.45) is 11.0. The quantitative estimate of drug-likeness (QED) is 0.564. The Hall–Kier alpha value is -3.67. The van der Waals surface area contributed by atoms with Crippen LogP contribution in [0.3, 0.4) is 0 Å². The van der Waals surface area contributed by atoms with Gasteiger partial charge in [0.25, 0.3) is 5.56 Å². The van der Waals surface area contributed by atoms with E-state index in [-0.39, 0.29) is 23.1 Å². The number of carbonyl (C=O) groups is 2. The van der Waals surface area contributed by atoms with Crippen molar-refractivity contribution in [3.05, 3.63) is 40.6 Å². The van der Waals surface area contributed by atoms with Crippen LogP contribution in [-0.4, -0.2) is 37.9 Å². The molecular formula is C26H32N4O5. The summed E-state index contributed by atoms with van der Waals surface area (Å²) < 4.78 is 12.5. The predicted molar refractivity (Wildman–Crippen MR) is 132 cm³/mol. The maximum absolute atomic E-state index is 13.0. The Kier molecular flexibility index (Phi) is 7.34. The summed E-state index contributed by atoms with van der Waals surface area (Å²) in [5.74, 6) is 2.23. The molecule has 0 atom stereocenters. The maximum Gasteiger partial charge on any atom is 0.425 e. The molecule has 1 aliphatic rings. The smallest absolute Gasteiger partial charge is 0.425 e. The number of hydrogen-bond donors (Lipinski definition) is 0. The third kappa shape index (κ3) is 6.47. The van der Waals surface area contributed by atoms with Crippen LogP contribution in [0.5, 0.6) is 0 Å². The van der Waals surface area contributed by atoms with Gasteiger partial charge in [-0.1, -0.05) is 12.8 Å². The van der Waals surface area contributed by atoms with Gasteiger partial charge in [-0.3, -0.25) is 4.79 Å². The standard InChI is InChI=1S/C26H32N4O5/c1-8-19-22(30(23(32)34-25(2,3)4)24(33)35-26(5,6)7)27-15-20(28-19)17-13-14-21(31)29(16-17)18-11-9-10-12-18/h1,13-16,18H,9-12H2,2-7H3. The molecule has 9 nitrogen and oxygen atoms in total. The Balaban J connectivity index is 2.04. The van der Waals surface area contributed by atoms with Gasteiger partial charge in [0.15, 0.2) is 11.5 Å². The van der Waals surface area contributed by atoms with Crippen molar-refractivity contribution in [1.82, 2.24) is 14.5 Å². The molecule has 0 radical (unpaired) electrons. The lowest BCUT2D eigenvalue weighted by molar-refractivity contribution is 0.0428. The van der Waals surface area contributed by atoms with E-state index in [9.17, 15) is 14.4 Å². The number of pyridine rings is 1. The fraction of sp³-hybridized carbons (Fsp3) is 0.500. The van der Waals surface area contributed by atoms with Crippen LogP contribution in [0.2, 0.25) is 0 Å². The number of amides is 2. The highest BCUT2D eigenvalue weighted by Crippen LogP contribution is 2.30. The normalized spacial score (nSPS) is 14.3. The second-order valence-electron chi connectivity index (χ2n) is 10.5. The molecule has 0 aliphatic heterocycles. The van der Waals surface area contributed by atoms with Gasteiger partial charge in [0.1, 0.15) is 11.2 Å². The van der Waals surface area contributed by atoms with Gasteiger partial charge in [-0.2, -0.15) is 4.90 Å². The van der Waals surface area contributed by atoms with Crippen LogP contribution in [0.4, 0.5) is 15.4 Å². The Morgan fingerprint density at radius 3 is 2.14 bits per heavy atom. The number of hydrogen-bond acceptors (Lipinski definition) is 7. The van der Waals surface area contributed by atoms with Gasteiger partial charge in [0, 0.05) is 23.9 Å². The van der Waals surface area contributed by atoms with Crippen molar-refractivity contribution in [2.45, 2.75) is 84.5 Å². The first kappa shape index (κ1) is 25.9. The van der Waals surface area contributed by atoms with E-state index >= 15 is 0 Å². The van der Waals surface area contributed by atoms with E-state index in [2.05, 4.69) is 15.9 Å². The third-order valence-electron chi connectivity index (χ3n) is 5.21. The zero-order valence-corrected chi connectivity index (χ0v) is 21.1. The minimum absolute atomic E-state index is 0.0437. The van der Waals surface area contributed by atoms with Gasteiger partial charge in [-0.25, -0.2) is 19.6 Å². The molecule has 1 fully saturated rings. The Morgan fingerprint density at radius 2 is 1.63 bits per heavy atom. The number of imide groups is 1. The Bertz CT molecular complexity index is 1180. The molecule has 1 saturated carbocycles. The van der Waals surface area contributed by atoms with Crippen LogP contribution in [0.25, 0.3) is 11.3 Å². The topological polar surface area (TPSA) is 104 Å². The number of ether oxygens (including phenoxy) is 2. The van der Waals surface area contributed by atoms with Crippen molar-refractivity contribution >= 4 is 18.0 Å². The molecular weight excluding hydrogens is 448 g/mol. The lowest BCUT2D eigenvalue weighted by Gasteiger charge is -2.28. The molecule has 3 rings (SSSR count). The second kappa shape index (κ2) is 9.90. The predicted octanol–water partition coefficient (Wildman–Crippen LogP) is 5.08. The lowest BCUT2D eigenvalue weighted by Crippen LogP contribution is -2.44. The van der Waals surface area contributed by atoms with E-state index in [1.54, 1.807) is 58.4 Å². The van der Waals surface area contributed by atoms with E-state index in [0.717, 1.165) is 25.7 Å². The van der Waals surface area contributed by atoms with Crippen LogP contribution < -0.4 is 10.5 Å². The molecule has 2 aromatic rings. The monoisotopic (exact) mass is 480 g/mol. The van der Waals surface area contributed by atoms with E-state index < -0.39 is 23.4 Å². The van der Waals surface area contributed by atoms with Crippen LogP contribution >= 0.6 is 0 Å². The van der Waals surface area contributed by atoms with Crippen LogP contribution in [0.15, 0.2) is 29.3 Å². The molecule has 0 spiro atoms. The van der Waals surface area contributed by atoms with Crippen molar-refractivity contribution < 1.29 is 19.1 Å².